The second-order valence-electron chi connectivity index (χ2n) is 6.68. The van der Waals surface area contributed by atoms with Crippen molar-refractivity contribution in [1.82, 2.24) is 5.43 Å². The van der Waals surface area contributed by atoms with E-state index in [0.29, 0.717) is 34.4 Å². The van der Waals surface area contributed by atoms with Crippen molar-refractivity contribution < 1.29 is 19.1 Å². The van der Waals surface area contributed by atoms with Gasteiger partial charge in [0, 0.05) is 20.7 Å². The number of carbonyl (C=O) groups is 2. The maximum atomic E-state index is 12.0. The highest BCUT2D eigenvalue weighted by Gasteiger charge is 2.13. The average molecular weight is 531 g/mol. The molecule has 0 saturated carbocycles. The Kier molecular flexibility index (Phi) is 8.86. The first-order valence-electron chi connectivity index (χ1n) is 9.99. The molecule has 33 heavy (non-hydrogen) atoms. The number of nitrogens with one attached hydrogen (secondary N) is 2. The predicted molar refractivity (Wildman–Crippen MR) is 132 cm³/mol. The fourth-order valence-corrected chi connectivity index (χ4v) is 3.16. The lowest BCUT2D eigenvalue weighted by atomic mass is 10.2. The quantitative estimate of drug-likeness (QED) is 0.239. The molecule has 0 saturated heterocycles. The lowest BCUT2D eigenvalue weighted by molar-refractivity contribution is -0.136. The van der Waals surface area contributed by atoms with Crippen LogP contribution in [0.2, 0.25) is 5.02 Å². The minimum absolute atomic E-state index is 0.288. The molecule has 0 aliphatic rings. The van der Waals surface area contributed by atoms with Crippen LogP contribution in [0.25, 0.3) is 0 Å². The molecule has 170 valence electrons. The molecule has 0 aromatic heterocycles. The van der Waals surface area contributed by atoms with Crippen molar-refractivity contribution in [3.05, 3.63) is 87.4 Å². The van der Waals surface area contributed by atoms with Crippen molar-refractivity contribution in [3.8, 4) is 11.5 Å². The van der Waals surface area contributed by atoms with Crippen molar-refractivity contribution in [2.75, 3.05) is 11.9 Å². The van der Waals surface area contributed by atoms with E-state index in [1.165, 1.54) is 6.21 Å². The summed E-state index contributed by atoms with van der Waals surface area (Å²) in [7, 11) is 0. The molecule has 9 heteroatoms. The molecule has 7 nitrogen and oxygen atoms in total. The van der Waals surface area contributed by atoms with E-state index in [4.69, 9.17) is 21.1 Å². The third-order valence-electron chi connectivity index (χ3n) is 4.30. The normalized spacial score (nSPS) is 10.6. The van der Waals surface area contributed by atoms with Gasteiger partial charge in [-0.1, -0.05) is 45.7 Å². The van der Waals surface area contributed by atoms with Crippen LogP contribution >= 0.6 is 27.5 Å². The van der Waals surface area contributed by atoms with Crippen molar-refractivity contribution >= 4 is 51.2 Å². The van der Waals surface area contributed by atoms with Gasteiger partial charge in [-0.25, -0.2) is 5.43 Å². The van der Waals surface area contributed by atoms with Gasteiger partial charge in [0.25, 0.3) is 0 Å². The van der Waals surface area contributed by atoms with Gasteiger partial charge in [-0.2, -0.15) is 5.10 Å². The van der Waals surface area contributed by atoms with Gasteiger partial charge in [-0.15, -0.1) is 0 Å². The Morgan fingerprint density at radius 1 is 1.00 bits per heavy atom. The summed E-state index contributed by atoms with van der Waals surface area (Å²) in [6.45, 7) is 2.59. The summed E-state index contributed by atoms with van der Waals surface area (Å²) < 4.78 is 12.4. The summed E-state index contributed by atoms with van der Waals surface area (Å²) in [5, 5.41) is 6.96. The maximum Gasteiger partial charge on any atom is 0.329 e. The minimum Gasteiger partial charge on any atom is -0.490 e. The highest BCUT2D eigenvalue weighted by atomic mass is 79.9. The standard InChI is InChI=1S/C24H21BrClN3O4/c1-2-32-22-13-16(7-12-21(22)33-15-17-5-3-4-6-20(17)26)14-27-29-24(31)23(30)28-19-10-8-18(25)9-11-19/h3-14H,2,15H2,1H3,(H,28,30)(H,29,31)/b27-14+. The fourth-order valence-electron chi connectivity index (χ4n) is 2.70. The molecule has 3 rings (SSSR count). The molecule has 0 fully saturated rings. The van der Waals surface area contributed by atoms with Crippen LogP contribution in [-0.2, 0) is 16.2 Å². The molecule has 0 spiro atoms. The van der Waals surface area contributed by atoms with E-state index < -0.39 is 11.8 Å². The first-order valence-corrected chi connectivity index (χ1v) is 11.2. The second-order valence-corrected chi connectivity index (χ2v) is 8.00. The molecule has 0 heterocycles. The molecule has 0 aliphatic carbocycles. The van der Waals surface area contributed by atoms with Crippen LogP contribution in [0.15, 0.2) is 76.3 Å². The number of hydrogen-bond donors (Lipinski definition) is 2. The topological polar surface area (TPSA) is 89.0 Å². The lowest BCUT2D eigenvalue weighted by Gasteiger charge is -2.13. The molecule has 3 aromatic carbocycles. The Balaban J connectivity index is 1.59. The fraction of sp³-hybridized carbons (Fsp3) is 0.125. The summed E-state index contributed by atoms with van der Waals surface area (Å²) in [6, 6.07) is 19.5. The van der Waals surface area contributed by atoms with Crippen LogP contribution in [-0.4, -0.2) is 24.6 Å². The molecule has 3 aromatic rings. The number of rotatable bonds is 8. The van der Waals surface area contributed by atoms with Crippen LogP contribution in [0.5, 0.6) is 11.5 Å². The van der Waals surface area contributed by atoms with E-state index in [0.717, 1.165) is 10.0 Å². The maximum absolute atomic E-state index is 12.0. The third kappa shape index (κ3) is 7.34. The van der Waals surface area contributed by atoms with Crippen molar-refractivity contribution in [3.63, 3.8) is 0 Å². The Labute approximate surface area is 204 Å². The van der Waals surface area contributed by atoms with E-state index in [9.17, 15) is 9.59 Å². The molecular weight excluding hydrogens is 510 g/mol. The zero-order valence-corrected chi connectivity index (χ0v) is 20.0. The smallest absolute Gasteiger partial charge is 0.329 e. The minimum atomic E-state index is -0.890. The van der Waals surface area contributed by atoms with E-state index in [1.54, 1.807) is 48.5 Å². The molecule has 0 atom stereocenters. The van der Waals surface area contributed by atoms with Crippen molar-refractivity contribution in [2.45, 2.75) is 13.5 Å². The highest BCUT2D eigenvalue weighted by Crippen LogP contribution is 2.29. The van der Waals surface area contributed by atoms with Gasteiger partial charge in [0.1, 0.15) is 6.61 Å². The Morgan fingerprint density at radius 2 is 1.76 bits per heavy atom. The van der Waals surface area contributed by atoms with Gasteiger partial charge in [0.05, 0.1) is 12.8 Å². The monoisotopic (exact) mass is 529 g/mol. The zero-order valence-electron chi connectivity index (χ0n) is 17.7. The number of benzene rings is 3. The molecule has 0 bridgehead atoms. The second kappa shape index (κ2) is 12.0. The first kappa shape index (κ1) is 24.3. The molecule has 0 radical (unpaired) electrons. The Morgan fingerprint density at radius 3 is 2.48 bits per heavy atom. The van der Waals surface area contributed by atoms with Gasteiger partial charge in [0.15, 0.2) is 11.5 Å². The van der Waals surface area contributed by atoms with Gasteiger partial charge in [0.2, 0.25) is 0 Å². The molecular formula is C24H21BrClN3O4. The summed E-state index contributed by atoms with van der Waals surface area (Å²) in [4.78, 5) is 24.0. The zero-order chi connectivity index (χ0) is 23.6. The summed E-state index contributed by atoms with van der Waals surface area (Å²) >= 11 is 9.48. The van der Waals surface area contributed by atoms with Crippen molar-refractivity contribution in [1.29, 1.82) is 0 Å². The number of hydrazone groups is 1. The largest absolute Gasteiger partial charge is 0.490 e. The Hall–Kier alpha value is -3.36. The van der Waals surface area contributed by atoms with Crippen LogP contribution in [0.1, 0.15) is 18.1 Å². The number of amides is 2. The van der Waals surface area contributed by atoms with Crippen molar-refractivity contribution in [2.24, 2.45) is 5.10 Å². The number of hydrogen-bond acceptors (Lipinski definition) is 5. The van der Waals surface area contributed by atoms with Crippen LogP contribution < -0.4 is 20.2 Å². The number of carbonyl (C=O) groups excluding carboxylic acids is 2. The van der Waals surface area contributed by atoms with Crippen LogP contribution in [0.3, 0.4) is 0 Å². The predicted octanol–water partition coefficient (Wildman–Crippen LogP) is 5.17. The van der Waals surface area contributed by atoms with Gasteiger partial charge < -0.3 is 14.8 Å². The molecule has 2 amide bonds. The molecule has 0 aliphatic heterocycles. The SMILES string of the molecule is CCOc1cc(/C=N/NC(=O)C(=O)Nc2ccc(Br)cc2)ccc1OCc1ccccc1Cl. The number of nitrogens with zero attached hydrogens (tertiary/aromatic N) is 1. The highest BCUT2D eigenvalue weighted by molar-refractivity contribution is 9.10. The number of anilines is 1. The molecule has 0 unspecified atom stereocenters. The van der Waals surface area contributed by atoms with E-state index >= 15 is 0 Å². The Bertz CT molecular complexity index is 1150. The lowest BCUT2D eigenvalue weighted by Crippen LogP contribution is -2.32. The van der Waals surface area contributed by atoms with Gasteiger partial charge in [-0.3, -0.25) is 9.59 Å². The first-order chi connectivity index (χ1) is 16.0. The summed E-state index contributed by atoms with van der Waals surface area (Å²) in [6.07, 6.45) is 1.41. The summed E-state index contributed by atoms with van der Waals surface area (Å²) in [5.74, 6) is -0.647. The van der Waals surface area contributed by atoms with Gasteiger partial charge >= 0.3 is 11.8 Å². The third-order valence-corrected chi connectivity index (χ3v) is 5.19. The summed E-state index contributed by atoms with van der Waals surface area (Å²) in [5.41, 5.74) is 4.21. The van der Waals surface area contributed by atoms with E-state index in [-0.39, 0.29) is 6.61 Å². The molecule has 2 N–H and O–H groups in total. The van der Waals surface area contributed by atoms with Gasteiger partial charge in [-0.05, 0) is 61.0 Å². The van der Waals surface area contributed by atoms with Crippen LogP contribution in [0.4, 0.5) is 5.69 Å². The van der Waals surface area contributed by atoms with E-state index in [1.807, 2.05) is 25.1 Å². The van der Waals surface area contributed by atoms with E-state index in [2.05, 4.69) is 31.8 Å². The number of halogens is 2. The average Bonchev–Trinajstić information content (AvgIpc) is 2.81. The number of ether oxygens (including phenoxy) is 2. The van der Waals surface area contributed by atoms with Crippen LogP contribution in [0, 0.1) is 0 Å².